The summed E-state index contributed by atoms with van der Waals surface area (Å²) in [6.07, 6.45) is 3.70. The molecule has 7 heteroatoms. The normalized spacial score (nSPS) is 11.1. The first-order valence-electron chi connectivity index (χ1n) is 10.5. The Morgan fingerprint density at radius 3 is 2.55 bits per heavy atom. The first kappa shape index (κ1) is 27.1. The summed E-state index contributed by atoms with van der Waals surface area (Å²) in [5, 5.41) is 13.9. The second kappa shape index (κ2) is 16.0. The highest BCUT2D eigenvalue weighted by Gasteiger charge is 2.10. The van der Waals surface area contributed by atoms with Crippen LogP contribution < -0.4 is 10.8 Å². The number of aromatic nitrogens is 1. The average Bonchev–Trinajstić information content (AvgIpc) is 2.75. The van der Waals surface area contributed by atoms with Crippen LogP contribution in [0.25, 0.3) is 10.9 Å². The molecule has 29 heavy (non-hydrogen) atoms. The van der Waals surface area contributed by atoms with Gasteiger partial charge in [0, 0.05) is 28.3 Å². The summed E-state index contributed by atoms with van der Waals surface area (Å²) in [5.74, 6) is -0.380. The van der Waals surface area contributed by atoms with Crippen molar-refractivity contribution in [3.63, 3.8) is 0 Å². The summed E-state index contributed by atoms with van der Waals surface area (Å²) in [6, 6.07) is 7.96. The molecule has 2 rings (SSSR count). The Kier molecular flexibility index (Phi) is 14.9. The minimum atomic E-state index is -0.380. The van der Waals surface area contributed by atoms with Crippen LogP contribution in [0.1, 0.15) is 54.4 Å². The first-order chi connectivity index (χ1) is 14.0. The lowest BCUT2D eigenvalue weighted by Gasteiger charge is -2.21. The van der Waals surface area contributed by atoms with E-state index in [1.807, 2.05) is 63.8 Å². The molecule has 2 aromatic rings. The number of anilines is 1. The highest BCUT2D eigenvalue weighted by molar-refractivity contribution is 6.31. The Morgan fingerprint density at radius 1 is 1.24 bits per heavy atom. The van der Waals surface area contributed by atoms with Crippen molar-refractivity contribution >= 4 is 34.1 Å². The molecule has 0 spiro atoms. The van der Waals surface area contributed by atoms with Gasteiger partial charge in [-0.05, 0) is 57.1 Å². The molecule has 0 fully saturated rings. The van der Waals surface area contributed by atoms with Gasteiger partial charge in [-0.1, -0.05) is 46.2 Å². The fraction of sp³-hybridized carbons (Fsp3) is 0.545. The van der Waals surface area contributed by atoms with Gasteiger partial charge in [0.05, 0.1) is 12.1 Å². The molecular formula is C22H37ClN4O2. The summed E-state index contributed by atoms with van der Waals surface area (Å²) >= 11 is 6.03. The van der Waals surface area contributed by atoms with Gasteiger partial charge in [0.2, 0.25) is 0 Å². The molecule has 0 aliphatic carbocycles. The molecule has 0 saturated heterocycles. The van der Waals surface area contributed by atoms with Crippen molar-refractivity contribution in [1.82, 2.24) is 15.4 Å². The summed E-state index contributed by atoms with van der Waals surface area (Å²) in [5.41, 5.74) is 3.59. The van der Waals surface area contributed by atoms with E-state index in [0.717, 1.165) is 42.5 Å². The van der Waals surface area contributed by atoms with Crippen LogP contribution in [-0.2, 0) is 4.79 Å². The fourth-order valence-electron chi connectivity index (χ4n) is 2.79. The van der Waals surface area contributed by atoms with Crippen molar-refractivity contribution in [3.05, 3.63) is 35.5 Å². The number of fused-ring (bicyclic) bond motifs is 1. The number of halogens is 1. The van der Waals surface area contributed by atoms with Gasteiger partial charge in [-0.15, -0.1) is 0 Å². The third kappa shape index (κ3) is 9.92. The molecule has 0 aliphatic heterocycles. The van der Waals surface area contributed by atoms with Crippen molar-refractivity contribution in [2.45, 2.75) is 60.4 Å². The second-order valence-corrected chi connectivity index (χ2v) is 6.55. The summed E-state index contributed by atoms with van der Waals surface area (Å²) in [7, 11) is 0. The van der Waals surface area contributed by atoms with Crippen LogP contribution in [-0.4, -0.2) is 46.7 Å². The minimum absolute atomic E-state index is 0.213. The van der Waals surface area contributed by atoms with Crippen molar-refractivity contribution in [2.24, 2.45) is 0 Å². The predicted octanol–water partition coefficient (Wildman–Crippen LogP) is 5.35. The number of hydrogen-bond donors (Lipinski definition) is 3. The van der Waals surface area contributed by atoms with E-state index in [9.17, 15) is 4.79 Å². The maximum atomic E-state index is 11.2. The molecule has 3 N–H and O–H groups in total. The number of rotatable bonds is 9. The van der Waals surface area contributed by atoms with Crippen molar-refractivity contribution in [3.8, 4) is 0 Å². The van der Waals surface area contributed by atoms with Crippen molar-refractivity contribution < 1.29 is 10.0 Å². The maximum Gasteiger partial charge on any atom is 0.257 e. The van der Waals surface area contributed by atoms with E-state index >= 15 is 0 Å². The summed E-state index contributed by atoms with van der Waals surface area (Å²) in [6.45, 7) is 13.9. The Bertz CT molecular complexity index is 712. The van der Waals surface area contributed by atoms with Gasteiger partial charge in [-0.2, -0.15) is 0 Å². The zero-order chi connectivity index (χ0) is 22.2. The number of likely N-dealkylation sites (N-methyl/N-ethyl adjacent to an activating group) is 1. The maximum absolute atomic E-state index is 11.2. The van der Waals surface area contributed by atoms with Crippen LogP contribution in [0, 0.1) is 0 Å². The van der Waals surface area contributed by atoms with E-state index in [1.54, 1.807) is 11.7 Å². The Labute approximate surface area is 180 Å². The number of hydroxylamine groups is 1. The van der Waals surface area contributed by atoms with Crippen LogP contribution in [0.4, 0.5) is 5.69 Å². The standard InChI is InChI=1S/C18H25ClN4O2.2C2H6/c1-3-23(12-18(24)22-25)10-4-5-13(2)21-16-8-9-20-17-11-14(19)6-7-15(16)17;2*1-2/h6-9,11,13,25H,3-5,10,12H2,1-2H3,(H,20,21)(H,22,24);2*1-2H3. The molecule has 1 aromatic heterocycles. The number of nitrogens with one attached hydrogen (secondary N) is 2. The Morgan fingerprint density at radius 2 is 1.93 bits per heavy atom. The van der Waals surface area contributed by atoms with E-state index in [-0.39, 0.29) is 18.5 Å². The molecule has 6 nitrogen and oxygen atoms in total. The lowest BCUT2D eigenvalue weighted by atomic mass is 10.1. The van der Waals surface area contributed by atoms with Gasteiger partial charge >= 0.3 is 0 Å². The number of benzene rings is 1. The van der Waals surface area contributed by atoms with E-state index in [2.05, 4.69) is 17.2 Å². The quantitative estimate of drug-likeness (QED) is 0.373. The van der Waals surface area contributed by atoms with Gasteiger partial charge in [0.1, 0.15) is 0 Å². The van der Waals surface area contributed by atoms with Crippen LogP contribution in [0.15, 0.2) is 30.5 Å². The van der Waals surface area contributed by atoms with Crippen molar-refractivity contribution in [2.75, 3.05) is 25.0 Å². The van der Waals surface area contributed by atoms with Gasteiger partial charge in [0.15, 0.2) is 0 Å². The number of carbonyl (C=O) groups is 1. The molecule has 0 aliphatic rings. The van der Waals surface area contributed by atoms with E-state index in [4.69, 9.17) is 16.8 Å². The number of nitrogens with zero attached hydrogens (tertiary/aromatic N) is 2. The lowest BCUT2D eigenvalue weighted by Crippen LogP contribution is -2.36. The van der Waals surface area contributed by atoms with Crippen LogP contribution >= 0.6 is 11.6 Å². The average molecular weight is 425 g/mol. The Balaban J connectivity index is 0.00000184. The Hall–Kier alpha value is -1.89. The van der Waals surface area contributed by atoms with Gasteiger partial charge < -0.3 is 5.32 Å². The predicted molar refractivity (Wildman–Crippen MR) is 124 cm³/mol. The van der Waals surface area contributed by atoms with E-state index < -0.39 is 0 Å². The fourth-order valence-corrected chi connectivity index (χ4v) is 2.96. The molecule has 0 radical (unpaired) electrons. The van der Waals surface area contributed by atoms with Gasteiger partial charge in [-0.3, -0.25) is 19.9 Å². The minimum Gasteiger partial charge on any atom is -0.382 e. The number of hydrogen-bond acceptors (Lipinski definition) is 5. The topological polar surface area (TPSA) is 77.5 Å². The zero-order valence-electron chi connectivity index (χ0n) is 18.6. The highest BCUT2D eigenvalue weighted by Crippen LogP contribution is 2.25. The van der Waals surface area contributed by atoms with Gasteiger partial charge in [-0.25, -0.2) is 5.48 Å². The molecule has 1 unspecified atom stereocenters. The van der Waals surface area contributed by atoms with Gasteiger partial charge in [0.25, 0.3) is 5.91 Å². The van der Waals surface area contributed by atoms with Crippen LogP contribution in [0.2, 0.25) is 5.02 Å². The molecule has 1 heterocycles. The summed E-state index contributed by atoms with van der Waals surface area (Å²) < 4.78 is 0. The van der Waals surface area contributed by atoms with Crippen LogP contribution in [0.5, 0.6) is 0 Å². The highest BCUT2D eigenvalue weighted by atomic mass is 35.5. The molecule has 1 aromatic carbocycles. The van der Waals surface area contributed by atoms with Crippen molar-refractivity contribution in [1.29, 1.82) is 0 Å². The van der Waals surface area contributed by atoms with Crippen LogP contribution in [0.3, 0.4) is 0 Å². The largest absolute Gasteiger partial charge is 0.382 e. The van der Waals surface area contributed by atoms with E-state index in [1.165, 1.54) is 0 Å². The number of pyridine rings is 1. The second-order valence-electron chi connectivity index (χ2n) is 6.11. The molecule has 1 atom stereocenters. The van der Waals surface area contributed by atoms with E-state index in [0.29, 0.717) is 5.02 Å². The third-order valence-corrected chi connectivity index (χ3v) is 4.39. The SMILES string of the molecule is CC.CC.CCN(CCCC(C)Nc1ccnc2cc(Cl)ccc12)CC(=O)NO. The monoisotopic (exact) mass is 424 g/mol. The number of amides is 1. The number of carbonyl (C=O) groups excluding carboxylic acids is 1. The third-order valence-electron chi connectivity index (χ3n) is 4.16. The molecule has 0 saturated carbocycles. The lowest BCUT2D eigenvalue weighted by molar-refractivity contribution is -0.130. The molecule has 1 amide bonds. The molecular weight excluding hydrogens is 388 g/mol. The first-order valence-corrected chi connectivity index (χ1v) is 10.9. The molecule has 164 valence electrons. The molecule has 0 bridgehead atoms. The summed E-state index contributed by atoms with van der Waals surface area (Å²) in [4.78, 5) is 17.6. The smallest absolute Gasteiger partial charge is 0.257 e. The zero-order valence-corrected chi connectivity index (χ0v) is 19.4.